The minimum atomic E-state index is 0.346. The van der Waals surface area contributed by atoms with Crippen LogP contribution >= 0.6 is 0 Å². The van der Waals surface area contributed by atoms with E-state index in [1.807, 2.05) is 4.90 Å². The molecular weight excluding hydrogens is 250 g/mol. The number of nitrogens with zero attached hydrogens (tertiary/aromatic N) is 2. The highest BCUT2D eigenvalue weighted by Crippen LogP contribution is 2.16. The number of amides is 1. The summed E-state index contributed by atoms with van der Waals surface area (Å²) in [5.41, 5.74) is 0. The van der Waals surface area contributed by atoms with Crippen molar-refractivity contribution in [3.63, 3.8) is 0 Å². The maximum atomic E-state index is 12.2. The van der Waals surface area contributed by atoms with Gasteiger partial charge in [-0.25, -0.2) is 0 Å². The number of hydrogen-bond donors (Lipinski definition) is 1. The molecule has 0 spiro atoms. The van der Waals surface area contributed by atoms with Gasteiger partial charge in [-0.05, 0) is 57.2 Å². The van der Waals surface area contributed by atoms with Gasteiger partial charge in [0.2, 0.25) is 5.91 Å². The molecule has 0 bridgehead atoms. The Balaban J connectivity index is 1.68. The number of piperidine rings is 1. The van der Waals surface area contributed by atoms with Gasteiger partial charge >= 0.3 is 0 Å². The quantitative estimate of drug-likeness (QED) is 0.803. The van der Waals surface area contributed by atoms with Crippen LogP contribution in [-0.4, -0.2) is 61.5 Å². The van der Waals surface area contributed by atoms with Gasteiger partial charge < -0.3 is 10.2 Å². The number of rotatable bonds is 6. The number of likely N-dealkylation sites (tertiary alicyclic amines) is 2. The normalized spacial score (nSPS) is 24.6. The highest BCUT2D eigenvalue weighted by atomic mass is 16.2. The van der Waals surface area contributed by atoms with Gasteiger partial charge in [-0.15, -0.1) is 0 Å². The maximum Gasteiger partial charge on any atom is 0.236 e. The fourth-order valence-electron chi connectivity index (χ4n) is 3.30. The van der Waals surface area contributed by atoms with E-state index in [-0.39, 0.29) is 0 Å². The zero-order valence-electron chi connectivity index (χ0n) is 13.2. The van der Waals surface area contributed by atoms with Gasteiger partial charge in [-0.1, -0.05) is 13.8 Å². The van der Waals surface area contributed by atoms with E-state index in [4.69, 9.17) is 0 Å². The van der Waals surface area contributed by atoms with Crippen LogP contribution in [0.25, 0.3) is 0 Å². The molecule has 116 valence electrons. The topological polar surface area (TPSA) is 35.6 Å². The third-order valence-corrected chi connectivity index (χ3v) is 4.41. The van der Waals surface area contributed by atoms with Crippen molar-refractivity contribution < 1.29 is 4.79 Å². The molecule has 2 saturated heterocycles. The Labute approximate surface area is 123 Å². The summed E-state index contributed by atoms with van der Waals surface area (Å²) < 4.78 is 0. The Morgan fingerprint density at radius 2 is 1.95 bits per heavy atom. The molecular formula is C16H31N3O. The minimum absolute atomic E-state index is 0.346. The molecule has 1 atom stereocenters. The van der Waals surface area contributed by atoms with Crippen molar-refractivity contribution in [3.05, 3.63) is 0 Å². The van der Waals surface area contributed by atoms with Gasteiger partial charge in [-0.3, -0.25) is 9.69 Å². The van der Waals surface area contributed by atoms with E-state index in [1.165, 1.54) is 25.7 Å². The number of carbonyl (C=O) groups is 1. The van der Waals surface area contributed by atoms with Crippen molar-refractivity contribution in [1.82, 2.24) is 15.1 Å². The van der Waals surface area contributed by atoms with Gasteiger partial charge in [0.1, 0.15) is 0 Å². The van der Waals surface area contributed by atoms with E-state index in [9.17, 15) is 4.79 Å². The average molecular weight is 281 g/mol. The molecule has 1 unspecified atom stereocenters. The summed E-state index contributed by atoms with van der Waals surface area (Å²) in [4.78, 5) is 16.6. The van der Waals surface area contributed by atoms with E-state index in [0.717, 1.165) is 39.3 Å². The van der Waals surface area contributed by atoms with Crippen LogP contribution in [-0.2, 0) is 4.79 Å². The number of nitrogens with one attached hydrogen (secondary N) is 1. The van der Waals surface area contributed by atoms with Crippen LogP contribution in [0.15, 0.2) is 0 Å². The molecule has 2 rings (SSSR count). The molecule has 2 aliphatic rings. The summed E-state index contributed by atoms with van der Waals surface area (Å²) in [7, 11) is 0. The first kappa shape index (κ1) is 15.8. The molecule has 0 radical (unpaired) electrons. The Hall–Kier alpha value is -0.610. The Kier molecular flexibility index (Phi) is 6.30. The van der Waals surface area contributed by atoms with E-state index < -0.39 is 0 Å². The highest BCUT2D eigenvalue weighted by molar-refractivity contribution is 5.78. The van der Waals surface area contributed by atoms with Crippen LogP contribution in [0.1, 0.15) is 39.5 Å². The molecule has 20 heavy (non-hydrogen) atoms. The van der Waals surface area contributed by atoms with Crippen molar-refractivity contribution >= 4 is 5.91 Å². The summed E-state index contributed by atoms with van der Waals surface area (Å²) in [5.74, 6) is 1.78. The van der Waals surface area contributed by atoms with E-state index in [2.05, 4.69) is 24.1 Å². The molecule has 1 amide bonds. The van der Waals surface area contributed by atoms with Gasteiger partial charge in [0.15, 0.2) is 0 Å². The van der Waals surface area contributed by atoms with Crippen molar-refractivity contribution in [3.8, 4) is 0 Å². The second kappa shape index (κ2) is 7.99. The summed E-state index contributed by atoms with van der Waals surface area (Å²) in [6, 6.07) is 0. The van der Waals surface area contributed by atoms with Gasteiger partial charge in [-0.2, -0.15) is 0 Å². The lowest BCUT2D eigenvalue weighted by molar-refractivity contribution is -0.131. The van der Waals surface area contributed by atoms with Crippen molar-refractivity contribution in [2.75, 3.05) is 45.8 Å². The fraction of sp³-hybridized carbons (Fsp3) is 0.938. The third kappa shape index (κ3) is 5.06. The molecule has 2 heterocycles. The van der Waals surface area contributed by atoms with Gasteiger partial charge in [0.05, 0.1) is 6.54 Å². The minimum Gasteiger partial charge on any atom is -0.342 e. The molecule has 0 aromatic carbocycles. The molecule has 0 aromatic heterocycles. The van der Waals surface area contributed by atoms with Crippen LogP contribution < -0.4 is 5.32 Å². The number of carbonyl (C=O) groups excluding carboxylic acids is 1. The van der Waals surface area contributed by atoms with E-state index in [1.54, 1.807) is 0 Å². The van der Waals surface area contributed by atoms with Crippen molar-refractivity contribution in [1.29, 1.82) is 0 Å². The first-order chi connectivity index (χ1) is 9.65. The summed E-state index contributed by atoms with van der Waals surface area (Å²) in [6.45, 7) is 11.5. The molecule has 4 nitrogen and oxygen atoms in total. The second-order valence-corrected chi connectivity index (χ2v) is 6.88. The van der Waals surface area contributed by atoms with Crippen LogP contribution in [0.5, 0.6) is 0 Å². The van der Waals surface area contributed by atoms with E-state index >= 15 is 0 Å². The smallest absolute Gasteiger partial charge is 0.236 e. The lowest BCUT2D eigenvalue weighted by Gasteiger charge is -2.33. The largest absolute Gasteiger partial charge is 0.342 e. The summed E-state index contributed by atoms with van der Waals surface area (Å²) >= 11 is 0. The molecule has 0 aliphatic carbocycles. The summed E-state index contributed by atoms with van der Waals surface area (Å²) in [5, 5.41) is 3.56. The van der Waals surface area contributed by atoms with Gasteiger partial charge in [0.25, 0.3) is 0 Å². The zero-order chi connectivity index (χ0) is 14.4. The predicted octanol–water partition coefficient (Wildman–Crippen LogP) is 1.57. The Morgan fingerprint density at radius 1 is 1.20 bits per heavy atom. The molecule has 2 aliphatic heterocycles. The van der Waals surface area contributed by atoms with Crippen LogP contribution in [0, 0.1) is 11.8 Å². The van der Waals surface area contributed by atoms with E-state index in [0.29, 0.717) is 24.3 Å². The molecule has 4 heteroatoms. The van der Waals surface area contributed by atoms with Crippen molar-refractivity contribution in [2.24, 2.45) is 11.8 Å². The first-order valence-corrected chi connectivity index (χ1v) is 8.36. The standard InChI is InChI=1S/C16H31N3O/c1-14(2)10-17-11-15-6-5-7-18(12-15)13-16(20)19-8-3-4-9-19/h14-15,17H,3-13H2,1-2H3. The third-order valence-electron chi connectivity index (χ3n) is 4.41. The zero-order valence-corrected chi connectivity index (χ0v) is 13.2. The Bertz CT molecular complexity index is 300. The first-order valence-electron chi connectivity index (χ1n) is 8.36. The average Bonchev–Trinajstić information content (AvgIpc) is 2.92. The maximum absolute atomic E-state index is 12.2. The molecule has 2 fully saturated rings. The SMILES string of the molecule is CC(C)CNCC1CCCN(CC(=O)N2CCCC2)C1. The van der Waals surface area contributed by atoms with Crippen LogP contribution in [0.4, 0.5) is 0 Å². The molecule has 0 aromatic rings. The van der Waals surface area contributed by atoms with Crippen molar-refractivity contribution in [2.45, 2.75) is 39.5 Å². The lowest BCUT2D eigenvalue weighted by Crippen LogP contribution is -2.45. The monoisotopic (exact) mass is 281 g/mol. The Morgan fingerprint density at radius 3 is 2.65 bits per heavy atom. The van der Waals surface area contributed by atoms with Crippen LogP contribution in [0.2, 0.25) is 0 Å². The highest BCUT2D eigenvalue weighted by Gasteiger charge is 2.24. The fourth-order valence-corrected chi connectivity index (χ4v) is 3.30. The second-order valence-electron chi connectivity index (χ2n) is 6.88. The molecule has 1 N–H and O–H groups in total. The lowest BCUT2D eigenvalue weighted by atomic mass is 9.98. The summed E-state index contributed by atoms with van der Waals surface area (Å²) in [6.07, 6.45) is 4.92. The van der Waals surface area contributed by atoms with Gasteiger partial charge in [0, 0.05) is 19.6 Å². The van der Waals surface area contributed by atoms with Crippen LogP contribution in [0.3, 0.4) is 0 Å². The number of hydrogen-bond acceptors (Lipinski definition) is 3. The molecule has 0 saturated carbocycles. The predicted molar refractivity (Wildman–Crippen MR) is 82.7 cm³/mol.